The molecule has 0 saturated carbocycles. The van der Waals surface area contributed by atoms with E-state index in [1.54, 1.807) is 0 Å². The van der Waals surface area contributed by atoms with Gasteiger partial charge in [0.15, 0.2) is 0 Å². The first-order valence-electron chi connectivity index (χ1n) is 8.57. The topological polar surface area (TPSA) is 43.4 Å². The third kappa shape index (κ3) is 15.7. The van der Waals surface area contributed by atoms with Gasteiger partial charge in [0.2, 0.25) is 0 Å². The molecule has 0 atom stereocenters. The Bertz CT molecular complexity index is 363. The second-order valence-corrected chi connectivity index (χ2v) is 6.40. The van der Waals surface area contributed by atoms with Gasteiger partial charge in [-0.2, -0.15) is 0 Å². The van der Waals surface area contributed by atoms with E-state index >= 15 is 0 Å². The average molecular weight is 359 g/mol. The van der Waals surface area contributed by atoms with Crippen molar-refractivity contribution >= 4 is 11.0 Å². The smallest absolute Gasteiger partial charge is 0.257 e. The summed E-state index contributed by atoms with van der Waals surface area (Å²) in [6.45, 7) is 21.3. The molecule has 0 aromatic carbocycles. The molecule has 0 aliphatic carbocycles. The fraction of sp³-hybridized carbons (Fsp3) is 0.579. The van der Waals surface area contributed by atoms with Crippen LogP contribution < -0.4 is 0 Å². The van der Waals surface area contributed by atoms with Gasteiger partial charge in [-0.1, -0.05) is 58.9 Å². The Hall–Kier alpha value is -1.17. The number of thiol groups is 1. The Morgan fingerprint density at radius 3 is 1.54 bits per heavy atom. The minimum Gasteiger partial charge on any atom is -0.311 e. The van der Waals surface area contributed by atoms with Crippen LogP contribution in [0.25, 0.3) is 0 Å². The fourth-order valence-corrected chi connectivity index (χ4v) is 2.67. The molecule has 0 aromatic heterocycles. The quantitative estimate of drug-likeness (QED) is 0.208. The molecule has 0 unspecified atom stereocenters. The molecular weight excluding hydrogens is 322 g/mol. The van der Waals surface area contributed by atoms with Gasteiger partial charge in [-0.25, -0.2) is 8.42 Å². The van der Waals surface area contributed by atoms with Crippen molar-refractivity contribution in [2.75, 3.05) is 32.8 Å². The molecule has 4 nitrogen and oxygen atoms in total. The maximum Gasteiger partial charge on any atom is 0.257 e. The highest BCUT2D eigenvalue weighted by Crippen LogP contribution is 2.07. The summed E-state index contributed by atoms with van der Waals surface area (Å²) in [5.41, 5.74) is 0. The van der Waals surface area contributed by atoms with Crippen molar-refractivity contribution in [3.8, 4) is 0 Å². The van der Waals surface area contributed by atoms with Crippen molar-refractivity contribution in [2.45, 2.75) is 39.0 Å². The van der Waals surface area contributed by atoms with Gasteiger partial charge in [-0.15, -0.1) is 0 Å². The summed E-state index contributed by atoms with van der Waals surface area (Å²) in [5, 5.41) is 0. The first-order valence-corrected chi connectivity index (χ1v) is 9.67. The van der Waals surface area contributed by atoms with Crippen molar-refractivity contribution in [1.29, 1.82) is 0 Å². The lowest BCUT2D eigenvalue weighted by atomic mass is 10.2. The monoisotopic (exact) mass is 358 g/mol. The maximum atomic E-state index is 9.90. The van der Waals surface area contributed by atoms with Crippen LogP contribution in [-0.2, 0) is 15.2 Å². The van der Waals surface area contributed by atoms with E-state index in [0.717, 1.165) is 43.5 Å². The summed E-state index contributed by atoms with van der Waals surface area (Å²) in [5.74, 6) is 0. The van der Waals surface area contributed by atoms with Crippen LogP contribution in [0.15, 0.2) is 50.6 Å². The molecule has 0 aromatic rings. The van der Waals surface area contributed by atoms with Crippen LogP contribution in [0.2, 0.25) is 0 Å². The van der Waals surface area contributed by atoms with Crippen LogP contribution in [-0.4, -0.2) is 45.7 Å². The van der Waals surface area contributed by atoms with E-state index in [-0.39, 0.29) is 0 Å². The van der Waals surface area contributed by atoms with Gasteiger partial charge in [0.25, 0.3) is 11.0 Å². The van der Waals surface area contributed by atoms with Crippen LogP contribution in [0.1, 0.15) is 39.0 Å². The van der Waals surface area contributed by atoms with Crippen LogP contribution >= 0.6 is 0 Å². The summed E-state index contributed by atoms with van der Waals surface area (Å²) >= 11 is 0. The van der Waals surface area contributed by atoms with Gasteiger partial charge >= 0.3 is 0 Å². The number of rotatable bonds is 15. The van der Waals surface area contributed by atoms with Crippen molar-refractivity contribution < 1.29 is 17.1 Å². The van der Waals surface area contributed by atoms with Crippen molar-refractivity contribution in [3.05, 3.63) is 50.6 Å². The minimum absolute atomic E-state index is 0.350. The molecule has 0 N–H and O–H groups in total. The largest absolute Gasteiger partial charge is 0.311 e. The Morgan fingerprint density at radius 2 is 1.21 bits per heavy atom. The lowest BCUT2D eigenvalue weighted by molar-refractivity contribution is -0.906. The molecular formula is C19H36NO3S+. The first kappa shape index (κ1) is 25.1. The molecule has 0 saturated heterocycles. The summed E-state index contributed by atoms with van der Waals surface area (Å²) in [6.07, 6.45) is 13.3. The molecule has 0 radical (unpaired) electrons. The van der Waals surface area contributed by atoms with E-state index in [4.69, 9.17) is 0 Å². The van der Waals surface area contributed by atoms with Crippen LogP contribution in [0.4, 0.5) is 0 Å². The van der Waals surface area contributed by atoms with Crippen LogP contribution in [0.3, 0.4) is 0 Å². The molecule has 0 bridgehead atoms. The van der Waals surface area contributed by atoms with E-state index in [1.807, 2.05) is 24.3 Å². The minimum atomic E-state index is -2.62. The maximum absolute atomic E-state index is 9.90. The summed E-state index contributed by atoms with van der Waals surface area (Å²) in [4.78, 5) is 0. The lowest BCUT2D eigenvalue weighted by Crippen LogP contribution is -2.48. The third-order valence-electron chi connectivity index (χ3n) is 3.51. The molecule has 0 fully saturated rings. The van der Waals surface area contributed by atoms with Gasteiger partial charge in [0, 0.05) is 0 Å². The van der Waals surface area contributed by atoms with E-state index in [1.165, 1.54) is 19.3 Å². The SMILES string of the molecule is C=CC[N+](CC=C)(CC=C)CC=C.CCCCCCCO[SH](=O)=O. The van der Waals surface area contributed by atoms with E-state index in [9.17, 15) is 8.42 Å². The van der Waals surface area contributed by atoms with Gasteiger partial charge < -0.3 is 4.48 Å². The average Bonchev–Trinajstić information content (AvgIpc) is 2.52. The van der Waals surface area contributed by atoms with Crippen molar-refractivity contribution in [3.63, 3.8) is 0 Å². The summed E-state index contributed by atoms with van der Waals surface area (Å²) in [6, 6.07) is 0. The Morgan fingerprint density at radius 1 is 0.792 bits per heavy atom. The molecule has 140 valence electrons. The number of hydrogen-bond acceptors (Lipinski definition) is 3. The lowest BCUT2D eigenvalue weighted by Gasteiger charge is -2.35. The predicted octanol–water partition coefficient (Wildman–Crippen LogP) is 4.05. The van der Waals surface area contributed by atoms with Gasteiger partial charge in [0.05, 0.1) is 32.8 Å². The summed E-state index contributed by atoms with van der Waals surface area (Å²) < 4.78 is 25.1. The fourth-order valence-electron chi connectivity index (χ4n) is 2.39. The zero-order valence-corrected chi connectivity index (χ0v) is 16.2. The Labute approximate surface area is 151 Å². The molecule has 24 heavy (non-hydrogen) atoms. The van der Waals surface area contributed by atoms with Crippen LogP contribution in [0.5, 0.6) is 0 Å². The standard InChI is InChI=1S/C12H20N.C7H16O3S/c1-5-9-13(10-6-2,11-7-3)12-8-4;1-2-3-4-5-6-7-10-11(8)9/h5-8H,1-4,9-12H2;11H,2-7H2,1H3/q+1;. The van der Waals surface area contributed by atoms with E-state index in [2.05, 4.69) is 37.4 Å². The van der Waals surface area contributed by atoms with Crippen LogP contribution in [0, 0.1) is 0 Å². The molecule has 5 heteroatoms. The second-order valence-electron chi connectivity index (χ2n) is 5.70. The normalized spacial score (nSPS) is 10.6. The van der Waals surface area contributed by atoms with E-state index in [0.29, 0.717) is 6.61 Å². The molecule has 0 heterocycles. The number of hydrogen-bond donors (Lipinski definition) is 1. The molecule has 0 spiro atoms. The first-order chi connectivity index (χ1) is 11.5. The molecule has 0 amide bonds. The Balaban J connectivity index is 0. The second kappa shape index (κ2) is 18.2. The van der Waals surface area contributed by atoms with E-state index < -0.39 is 11.0 Å². The van der Waals surface area contributed by atoms with Gasteiger partial charge in [-0.05, 0) is 30.7 Å². The van der Waals surface area contributed by atoms with Crippen molar-refractivity contribution in [2.24, 2.45) is 0 Å². The van der Waals surface area contributed by atoms with Crippen molar-refractivity contribution in [1.82, 2.24) is 0 Å². The summed E-state index contributed by atoms with van der Waals surface area (Å²) in [7, 11) is -2.62. The zero-order valence-electron chi connectivity index (χ0n) is 15.3. The zero-order chi connectivity index (χ0) is 18.7. The van der Waals surface area contributed by atoms with Gasteiger partial charge in [-0.3, -0.25) is 4.18 Å². The third-order valence-corrected chi connectivity index (χ3v) is 3.90. The van der Waals surface area contributed by atoms with Gasteiger partial charge in [0.1, 0.15) is 0 Å². The molecule has 0 aliphatic rings. The highest BCUT2D eigenvalue weighted by molar-refractivity contribution is 7.67. The molecule has 0 rings (SSSR count). The number of quaternary nitrogens is 1. The highest BCUT2D eigenvalue weighted by Gasteiger charge is 2.20. The molecule has 0 aliphatic heterocycles. The number of unbranched alkanes of at least 4 members (excludes halogenated alkanes) is 4. The Kier molecular flexibility index (Phi) is 19.0. The number of nitrogens with zero attached hydrogens (tertiary/aromatic N) is 1. The predicted molar refractivity (Wildman–Crippen MR) is 106 cm³/mol. The highest BCUT2D eigenvalue weighted by atomic mass is 32.2.